The fraction of sp³-hybridized carbons (Fsp3) is 0.917. The fourth-order valence-corrected chi connectivity index (χ4v) is 1.95. The standard InChI is InChI=1S/C12H26N4O/c1-15-8-10-16(11-9-15)7-3-6-14-12(17)4-2-5-13/h2-11,13H2,1H3,(H,14,17). The highest BCUT2D eigenvalue weighted by Crippen LogP contribution is 1.99. The molecule has 100 valence electrons. The monoisotopic (exact) mass is 242 g/mol. The van der Waals surface area contributed by atoms with Crippen LogP contribution in [0.4, 0.5) is 0 Å². The zero-order valence-electron chi connectivity index (χ0n) is 11.0. The molecule has 0 saturated carbocycles. The lowest BCUT2D eigenvalue weighted by molar-refractivity contribution is -0.121. The molecule has 0 aromatic heterocycles. The summed E-state index contributed by atoms with van der Waals surface area (Å²) in [5.74, 6) is 0.133. The van der Waals surface area contributed by atoms with Gasteiger partial charge in [0.2, 0.25) is 5.91 Å². The lowest BCUT2D eigenvalue weighted by atomic mass is 10.3. The van der Waals surface area contributed by atoms with Gasteiger partial charge in [0.1, 0.15) is 0 Å². The molecule has 0 aliphatic carbocycles. The Bertz CT molecular complexity index is 215. The van der Waals surface area contributed by atoms with Crippen molar-refractivity contribution in [2.24, 2.45) is 5.73 Å². The third-order valence-electron chi connectivity index (χ3n) is 3.18. The predicted molar refractivity (Wildman–Crippen MR) is 69.9 cm³/mol. The van der Waals surface area contributed by atoms with E-state index in [1.807, 2.05) is 0 Å². The van der Waals surface area contributed by atoms with E-state index in [1.165, 1.54) is 0 Å². The maximum Gasteiger partial charge on any atom is 0.220 e. The molecule has 1 heterocycles. The molecule has 1 rings (SSSR count). The van der Waals surface area contributed by atoms with E-state index in [9.17, 15) is 4.79 Å². The van der Waals surface area contributed by atoms with Crippen molar-refractivity contribution in [1.82, 2.24) is 15.1 Å². The predicted octanol–water partition coefficient (Wildman–Crippen LogP) is -0.521. The Hall–Kier alpha value is -0.650. The second-order valence-electron chi connectivity index (χ2n) is 4.74. The van der Waals surface area contributed by atoms with Crippen molar-refractivity contribution >= 4 is 5.91 Å². The summed E-state index contributed by atoms with van der Waals surface area (Å²) in [4.78, 5) is 16.1. The fourth-order valence-electron chi connectivity index (χ4n) is 1.95. The Morgan fingerprint density at radius 3 is 2.59 bits per heavy atom. The van der Waals surface area contributed by atoms with E-state index in [-0.39, 0.29) is 5.91 Å². The van der Waals surface area contributed by atoms with Crippen LogP contribution in [0.3, 0.4) is 0 Å². The van der Waals surface area contributed by atoms with Gasteiger partial charge >= 0.3 is 0 Å². The summed E-state index contributed by atoms with van der Waals surface area (Å²) in [5.41, 5.74) is 5.35. The number of hydrogen-bond acceptors (Lipinski definition) is 4. The molecule has 17 heavy (non-hydrogen) atoms. The smallest absolute Gasteiger partial charge is 0.220 e. The molecule has 1 fully saturated rings. The molecule has 0 aromatic carbocycles. The van der Waals surface area contributed by atoms with Crippen LogP contribution >= 0.6 is 0 Å². The first-order valence-corrected chi connectivity index (χ1v) is 6.60. The minimum absolute atomic E-state index is 0.133. The number of hydrogen-bond donors (Lipinski definition) is 2. The highest BCUT2D eigenvalue weighted by atomic mass is 16.1. The Morgan fingerprint density at radius 2 is 1.94 bits per heavy atom. The minimum atomic E-state index is 0.133. The van der Waals surface area contributed by atoms with E-state index in [0.29, 0.717) is 13.0 Å². The van der Waals surface area contributed by atoms with Gasteiger partial charge in [-0.15, -0.1) is 0 Å². The van der Waals surface area contributed by atoms with Gasteiger partial charge in [-0.2, -0.15) is 0 Å². The maximum atomic E-state index is 11.3. The Morgan fingerprint density at radius 1 is 1.24 bits per heavy atom. The summed E-state index contributed by atoms with van der Waals surface area (Å²) >= 11 is 0. The zero-order chi connectivity index (χ0) is 12.5. The number of piperazine rings is 1. The van der Waals surface area contributed by atoms with Gasteiger partial charge in [-0.1, -0.05) is 0 Å². The molecular formula is C12H26N4O. The van der Waals surface area contributed by atoms with Crippen LogP contribution in [0.5, 0.6) is 0 Å². The van der Waals surface area contributed by atoms with Crippen molar-refractivity contribution in [3.05, 3.63) is 0 Å². The van der Waals surface area contributed by atoms with E-state index >= 15 is 0 Å². The highest BCUT2D eigenvalue weighted by molar-refractivity contribution is 5.75. The number of nitrogens with two attached hydrogens (primary N) is 1. The number of nitrogens with zero attached hydrogens (tertiary/aromatic N) is 2. The summed E-state index contributed by atoms with van der Waals surface area (Å²) in [6.45, 7) is 7.08. The van der Waals surface area contributed by atoms with Crippen LogP contribution in [0.15, 0.2) is 0 Å². The summed E-state index contributed by atoms with van der Waals surface area (Å²) in [7, 11) is 2.16. The normalized spacial score (nSPS) is 18.2. The molecule has 0 radical (unpaired) electrons. The Labute approximate surface area is 104 Å². The number of nitrogens with one attached hydrogen (secondary N) is 1. The van der Waals surface area contributed by atoms with Crippen molar-refractivity contribution in [2.45, 2.75) is 19.3 Å². The summed E-state index contributed by atoms with van der Waals surface area (Å²) in [6.07, 6.45) is 2.38. The van der Waals surface area contributed by atoms with Crippen molar-refractivity contribution < 1.29 is 4.79 Å². The molecule has 0 bridgehead atoms. The molecule has 5 heteroatoms. The zero-order valence-corrected chi connectivity index (χ0v) is 11.0. The van der Waals surface area contributed by atoms with Gasteiger partial charge in [-0.25, -0.2) is 0 Å². The lowest BCUT2D eigenvalue weighted by Crippen LogP contribution is -2.45. The first-order valence-electron chi connectivity index (χ1n) is 6.60. The molecule has 3 N–H and O–H groups in total. The molecule has 0 unspecified atom stereocenters. The molecule has 0 spiro atoms. The van der Waals surface area contributed by atoms with E-state index in [1.54, 1.807) is 0 Å². The third kappa shape index (κ3) is 6.61. The molecule has 5 nitrogen and oxygen atoms in total. The Kier molecular flexibility index (Phi) is 7.16. The second-order valence-corrected chi connectivity index (χ2v) is 4.74. The quantitative estimate of drug-likeness (QED) is 0.590. The second kappa shape index (κ2) is 8.44. The molecule has 0 aromatic rings. The van der Waals surface area contributed by atoms with Crippen molar-refractivity contribution in [1.29, 1.82) is 0 Å². The van der Waals surface area contributed by atoms with Crippen LogP contribution in [0.25, 0.3) is 0 Å². The van der Waals surface area contributed by atoms with E-state index in [2.05, 4.69) is 22.2 Å². The van der Waals surface area contributed by atoms with Crippen molar-refractivity contribution in [3.63, 3.8) is 0 Å². The van der Waals surface area contributed by atoms with Crippen molar-refractivity contribution in [3.8, 4) is 0 Å². The summed E-state index contributed by atoms with van der Waals surface area (Å²) in [5, 5.41) is 2.93. The minimum Gasteiger partial charge on any atom is -0.356 e. The average molecular weight is 242 g/mol. The maximum absolute atomic E-state index is 11.3. The van der Waals surface area contributed by atoms with Gasteiger partial charge in [0.05, 0.1) is 0 Å². The largest absolute Gasteiger partial charge is 0.356 e. The van der Waals surface area contributed by atoms with E-state index < -0.39 is 0 Å². The van der Waals surface area contributed by atoms with Gasteiger partial charge < -0.3 is 20.9 Å². The van der Waals surface area contributed by atoms with Crippen LogP contribution < -0.4 is 11.1 Å². The third-order valence-corrected chi connectivity index (χ3v) is 3.18. The molecule has 0 atom stereocenters. The number of likely N-dealkylation sites (N-methyl/N-ethyl adjacent to an activating group) is 1. The average Bonchev–Trinajstić information content (AvgIpc) is 2.34. The van der Waals surface area contributed by atoms with Gasteiger partial charge in [0, 0.05) is 39.1 Å². The van der Waals surface area contributed by atoms with E-state index in [4.69, 9.17) is 5.73 Å². The summed E-state index contributed by atoms with van der Waals surface area (Å²) in [6, 6.07) is 0. The first-order chi connectivity index (χ1) is 8.22. The van der Waals surface area contributed by atoms with Crippen LogP contribution in [-0.4, -0.2) is 68.6 Å². The lowest BCUT2D eigenvalue weighted by Gasteiger charge is -2.32. The van der Waals surface area contributed by atoms with Gasteiger partial charge in [-0.3, -0.25) is 4.79 Å². The Balaban J connectivity index is 1.95. The molecule has 1 saturated heterocycles. The van der Waals surface area contributed by atoms with E-state index in [0.717, 1.165) is 52.1 Å². The van der Waals surface area contributed by atoms with Crippen LogP contribution in [0, 0.1) is 0 Å². The molecule has 1 aliphatic heterocycles. The summed E-state index contributed by atoms with van der Waals surface area (Å²) < 4.78 is 0. The van der Waals surface area contributed by atoms with Gasteiger partial charge in [-0.05, 0) is 33.0 Å². The topological polar surface area (TPSA) is 61.6 Å². The van der Waals surface area contributed by atoms with Gasteiger partial charge in [0.25, 0.3) is 0 Å². The van der Waals surface area contributed by atoms with Crippen LogP contribution in [-0.2, 0) is 4.79 Å². The van der Waals surface area contributed by atoms with Crippen LogP contribution in [0.1, 0.15) is 19.3 Å². The molecule has 1 aliphatic rings. The molecular weight excluding hydrogens is 216 g/mol. The van der Waals surface area contributed by atoms with Crippen molar-refractivity contribution in [2.75, 3.05) is 52.9 Å². The van der Waals surface area contributed by atoms with Gasteiger partial charge in [0.15, 0.2) is 0 Å². The highest BCUT2D eigenvalue weighted by Gasteiger charge is 2.12. The first kappa shape index (κ1) is 14.4. The molecule has 1 amide bonds. The number of amides is 1. The van der Waals surface area contributed by atoms with Crippen LogP contribution in [0.2, 0.25) is 0 Å². The number of rotatable bonds is 7. The number of carbonyl (C=O) groups excluding carboxylic acids is 1. The SMILES string of the molecule is CN1CCN(CCCNC(=O)CCCN)CC1. The number of carbonyl (C=O) groups is 1.